The number of hydrogen-bond acceptors (Lipinski definition) is 2. The number of fused-ring (bicyclic) bond motifs is 1. The fourth-order valence-electron chi connectivity index (χ4n) is 2.67. The third kappa shape index (κ3) is 1.77. The van der Waals surface area contributed by atoms with E-state index in [1.807, 2.05) is 0 Å². The van der Waals surface area contributed by atoms with Crippen molar-refractivity contribution in [2.24, 2.45) is 0 Å². The van der Waals surface area contributed by atoms with Crippen molar-refractivity contribution < 1.29 is 22.6 Å². The molecule has 1 unspecified atom stereocenters. The molecule has 2 nitrogen and oxygen atoms in total. The standard InChI is InChI=1S/C13H15F3O2/c1-17-10-7-3-5-9-6-4-8-12(18-2,11(9)10)13(14,15)16/h3,5,7H,4,6,8H2,1-2H3. The van der Waals surface area contributed by atoms with Crippen LogP contribution in [0, 0.1) is 0 Å². The number of methoxy groups -OCH3 is 2. The Morgan fingerprint density at radius 3 is 2.50 bits per heavy atom. The lowest BCUT2D eigenvalue weighted by molar-refractivity contribution is -0.282. The highest BCUT2D eigenvalue weighted by Gasteiger charge is 2.59. The Labute approximate surface area is 104 Å². The minimum Gasteiger partial charge on any atom is -0.496 e. The SMILES string of the molecule is COc1cccc2c1C(OC)(C(F)(F)F)CCC2. The second kappa shape index (κ2) is 4.46. The van der Waals surface area contributed by atoms with Gasteiger partial charge in [0.25, 0.3) is 0 Å². The van der Waals surface area contributed by atoms with Gasteiger partial charge in [-0.2, -0.15) is 13.2 Å². The molecular weight excluding hydrogens is 245 g/mol. The molecule has 5 heteroatoms. The second-order valence-electron chi connectivity index (χ2n) is 4.38. The van der Waals surface area contributed by atoms with Gasteiger partial charge in [0, 0.05) is 12.7 Å². The van der Waals surface area contributed by atoms with Crippen LogP contribution in [-0.2, 0) is 16.8 Å². The minimum atomic E-state index is -4.45. The van der Waals surface area contributed by atoms with E-state index in [-0.39, 0.29) is 17.7 Å². The predicted molar refractivity (Wildman–Crippen MR) is 60.7 cm³/mol. The molecule has 1 aromatic rings. The second-order valence-corrected chi connectivity index (χ2v) is 4.38. The van der Waals surface area contributed by atoms with Crippen LogP contribution in [0.25, 0.3) is 0 Å². The summed E-state index contributed by atoms with van der Waals surface area (Å²) in [5, 5.41) is 0. The van der Waals surface area contributed by atoms with E-state index in [9.17, 15) is 13.2 Å². The van der Waals surface area contributed by atoms with Gasteiger partial charge in [0.2, 0.25) is 0 Å². The van der Waals surface area contributed by atoms with Crippen molar-refractivity contribution in [2.45, 2.75) is 31.0 Å². The van der Waals surface area contributed by atoms with Crippen LogP contribution in [0.15, 0.2) is 18.2 Å². The van der Waals surface area contributed by atoms with E-state index >= 15 is 0 Å². The summed E-state index contributed by atoms with van der Waals surface area (Å²) in [5.74, 6) is 0.242. The lowest BCUT2D eigenvalue weighted by Gasteiger charge is -2.39. The number of aryl methyl sites for hydroxylation is 1. The molecule has 1 atom stereocenters. The van der Waals surface area contributed by atoms with Gasteiger partial charge in [0.15, 0.2) is 5.60 Å². The third-order valence-corrected chi connectivity index (χ3v) is 3.52. The van der Waals surface area contributed by atoms with Crippen molar-refractivity contribution in [3.63, 3.8) is 0 Å². The van der Waals surface area contributed by atoms with Gasteiger partial charge in [-0.05, 0) is 30.9 Å². The number of hydrogen-bond donors (Lipinski definition) is 0. The van der Waals surface area contributed by atoms with Crippen molar-refractivity contribution in [3.8, 4) is 5.75 Å². The maximum atomic E-state index is 13.4. The quantitative estimate of drug-likeness (QED) is 0.811. The highest BCUT2D eigenvalue weighted by molar-refractivity contribution is 5.47. The molecule has 0 aromatic heterocycles. The first kappa shape index (κ1) is 13.2. The van der Waals surface area contributed by atoms with E-state index in [0.717, 1.165) is 7.11 Å². The molecular formula is C13H15F3O2. The van der Waals surface area contributed by atoms with E-state index in [1.165, 1.54) is 7.11 Å². The number of halogens is 3. The Bertz CT molecular complexity index is 428. The monoisotopic (exact) mass is 260 g/mol. The fourth-order valence-corrected chi connectivity index (χ4v) is 2.67. The average molecular weight is 260 g/mol. The van der Waals surface area contributed by atoms with Gasteiger partial charge >= 0.3 is 6.18 Å². The largest absolute Gasteiger partial charge is 0.496 e. The average Bonchev–Trinajstić information content (AvgIpc) is 2.35. The van der Waals surface area contributed by atoms with E-state index in [2.05, 4.69) is 0 Å². The fraction of sp³-hybridized carbons (Fsp3) is 0.538. The van der Waals surface area contributed by atoms with E-state index in [4.69, 9.17) is 9.47 Å². The third-order valence-electron chi connectivity index (χ3n) is 3.52. The zero-order valence-corrected chi connectivity index (χ0v) is 10.3. The number of alkyl halides is 3. The Morgan fingerprint density at radius 1 is 1.22 bits per heavy atom. The molecule has 1 aromatic carbocycles. The van der Waals surface area contributed by atoms with Gasteiger partial charge in [-0.3, -0.25) is 0 Å². The summed E-state index contributed by atoms with van der Waals surface area (Å²) in [6.07, 6.45) is -3.45. The van der Waals surface area contributed by atoms with Crippen molar-refractivity contribution in [2.75, 3.05) is 14.2 Å². The molecule has 18 heavy (non-hydrogen) atoms. The van der Waals surface area contributed by atoms with Gasteiger partial charge in [-0.15, -0.1) is 0 Å². The Balaban J connectivity index is 2.69. The number of rotatable bonds is 2. The van der Waals surface area contributed by atoms with Crippen LogP contribution < -0.4 is 4.74 Å². The van der Waals surface area contributed by atoms with Gasteiger partial charge in [0.1, 0.15) is 5.75 Å². The number of benzene rings is 1. The highest BCUT2D eigenvalue weighted by atomic mass is 19.4. The smallest absolute Gasteiger partial charge is 0.421 e. The molecule has 0 fully saturated rings. The summed E-state index contributed by atoms with van der Waals surface area (Å²) in [4.78, 5) is 0. The van der Waals surface area contributed by atoms with Crippen LogP contribution in [0.1, 0.15) is 24.0 Å². The molecule has 1 aliphatic carbocycles. The zero-order valence-electron chi connectivity index (χ0n) is 10.3. The minimum absolute atomic E-state index is 0.0691. The Hall–Kier alpha value is -1.23. The molecule has 2 rings (SSSR count). The first-order chi connectivity index (χ1) is 8.46. The van der Waals surface area contributed by atoms with Crippen molar-refractivity contribution in [3.05, 3.63) is 29.3 Å². The van der Waals surface area contributed by atoms with Gasteiger partial charge < -0.3 is 9.47 Å². The molecule has 0 spiro atoms. The molecule has 0 saturated heterocycles. The van der Waals surface area contributed by atoms with Crippen molar-refractivity contribution in [1.29, 1.82) is 0 Å². The van der Waals surface area contributed by atoms with Gasteiger partial charge in [-0.25, -0.2) is 0 Å². The summed E-state index contributed by atoms with van der Waals surface area (Å²) in [5.41, 5.74) is -1.46. The van der Waals surface area contributed by atoms with E-state index in [0.29, 0.717) is 18.4 Å². The van der Waals surface area contributed by atoms with Crippen LogP contribution >= 0.6 is 0 Å². The summed E-state index contributed by atoms with van der Waals surface area (Å²) in [6.45, 7) is 0. The predicted octanol–water partition coefficient (Wildman–Crippen LogP) is 3.44. The molecule has 0 N–H and O–H groups in total. The zero-order chi connectivity index (χ0) is 13.4. The van der Waals surface area contributed by atoms with Crippen molar-refractivity contribution >= 4 is 0 Å². The molecule has 0 amide bonds. The molecule has 0 saturated carbocycles. The summed E-state index contributed by atoms with van der Waals surface area (Å²) in [7, 11) is 2.48. The summed E-state index contributed by atoms with van der Waals surface area (Å²) >= 11 is 0. The van der Waals surface area contributed by atoms with Crippen LogP contribution in [0.5, 0.6) is 5.75 Å². The molecule has 0 radical (unpaired) electrons. The van der Waals surface area contributed by atoms with Gasteiger partial charge in [0.05, 0.1) is 7.11 Å². The van der Waals surface area contributed by atoms with Crippen molar-refractivity contribution in [1.82, 2.24) is 0 Å². The number of ether oxygens (including phenoxy) is 2. The van der Waals surface area contributed by atoms with Crippen LogP contribution in [0.2, 0.25) is 0 Å². The topological polar surface area (TPSA) is 18.5 Å². The van der Waals surface area contributed by atoms with Crippen LogP contribution in [0.4, 0.5) is 13.2 Å². The normalized spacial score (nSPS) is 23.6. The maximum absolute atomic E-state index is 13.4. The Morgan fingerprint density at radius 2 is 1.94 bits per heavy atom. The van der Waals surface area contributed by atoms with Gasteiger partial charge in [-0.1, -0.05) is 12.1 Å². The molecule has 100 valence electrons. The van der Waals surface area contributed by atoms with Crippen LogP contribution in [-0.4, -0.2) is 20.4 Å². The van der Waals surface area contributed by atoms with E-state index in [1.54, 1.807) is 18.2 Å². The highest BCUT2D eigenvalue weighted by Crippen LogP contribution is 2.52. The first-order valence-electron chi connectivity index (χ1n) is 5.74. The molecule has 0 bridgehead atoms. The van der Waals surface area contributed by atoms with E-state index < -0.39 is 11.8 Å². The summed E-state index contributed by atoms with van der Waals surface area (Å²) < 4.78 is 50.2. The maximum Gasteiger partial charge on any atom is 0.421 e. The molecule has 1 aliphatic rings. The van der Waals surface area contributed by atoms with Crippen LogP contribution in [0.3, 0.4) is 0 Å². The first-order valence-corrected chi connectivity index (χ1v) is 5.74. The molecule has 0 aliphatic heterocycles. The lowest BCUT2D eigenvalue weighted by atomic mass is 9.78. The Kier molecular flexibility index (Phi) is 3.27. The molecule has 0 heterocycles. The summed E-state index contributed by atoms with van der Waals surface area (Å²) in [6, 6.07) is 4.96. The lowest BCUT2D eigenvalue weighted by Crippen LogP contribution is -2.46.